The Bertz CT molecular complexity index is 590. The standard InChI is InChI=1S/C21H31BrO3/c1-12(23)25-14-6-8-20(2)13(10-14)4-5-15-16(20)7-9-21(3)17(15)11-18(22)19(21)24/h13-18H,4-11H2,1-3H3/t13-,14-,15+,16-,17-,18-,20-,21-/m1/s1. The van der Waals surface area contributed by atoms with Gasteiger partial charge in [-0.05, 0) is 80.5 Å². The van der Waals surface area contributed by atoms with Crippen LogP contribution in [0.2, 0.25) is 0 Å². The van der Waals surface area contributed by atoms with Gasteiger partial charge in [0.2, 0.25) is 0 Å². The van der Waals surface area contributed by atoms with Gasteiger partial charge in [-0.15, -0.1) is 0 Å². The Labute approximate surface area is 159 Å². The molecule has 4 fully saturated rings. The van der Waals surface area contributed by atoms with Gasteiger partial charge in [0.05, 0.1) is 4.83 Å². The van der Waals surface area contributed by atoms with Crippen molar-refractivity contribution in [2.24, 2.45) is 34.5 Å². The maximum Gasteiger partial charge on any atom is 0.302 e. The lowest BCUT2D eigenvalue weighted by atomic mass is 9.45. The molecule has 25 heavy (non-hydrogen) atoms. The second-order valence-corrected chi connectivity index (χ2v) is 10.8. The molecule has 140 valence electrons. The van der Waals surface area contributed by atoms with Gasteiger partial charge >= 0.3 is 5.97 Å². The Kier molecular flexibility index (Phi) is 4.37. The SMILES string of the molecule is CC(=O)O[C@@H]1CC[C@]2(C)[C@H](CC[C@H]3[C@H]2CC[C@@]2(C)C(=O)[C@H](Br)C[C@H]32)C1. The molecule has 0 amide bonds. The van der Waals surface area contributed by atoms with E-state index in [9.17, 15) is 9.59 Å². The van der Waals surface area contributed by atoms with Crippen molar-refractivity contribution in [2.45, 2.75) is 83.1 Å². The van der Waals surface area contributed by atoms with Crippen molar-refractivity contribution >= 4 is 27.7 Å². The summed E-state index contributed by atoms with van der Waals surface area (Å²) >= 11 is 3.66. The molecule has 4 aliphatic rings. The number of esters is 1. The van der Waals surface area contributed by atoms with E-state index in [0.29, 0.717) is 29.0 Å². The number of fused-ring (bicyclic) bond motifs is 5. The van der Waals surface area contributed by atoms with E-state index in [1.165, 1.54) is 32.6 Å². The van der Waals surface area contributed by atoms with Crippen LogP contribution in [0.15, 0.2) is 0 Å². The zero-order valence-corrected chi connectivity index (χ0v) is 17.3. The molecule has 0 bridgehead atoms. The van der Waals surface area contributed by atoms with Crippen LogP contribution in [0.1, 0.15) is 72.1 Å². The van der Waals surface area contributed by atoms with Crippen molar-refractivity contribution in [1.29, 1.82) is 0 Å². The lowest BCUT2D eigenvalue weighted by molar-refractivity contribution is -0.160. The molecule has 4 heteroatoms. The van der Waals surface area contributed by atoms with E-state index in [4.69, 9.17) is 4.74 Å². The van der Waals surface area contributed by atoms with E-state index in [-0.39, 0.29) is 22.3 Å². The molecular formula is C21H31BrO3. The second kappa shape index (κ2) is 6.07. The molecule has 0 unspecified atom stereocenters. The highest BCUT2D eigenvalue weighted by Gasteiger charge is 2.62. The molecule has 0 radical (unpaired) electrons. The summed E-state index contributed by atoms with van der Waals surface area (Å²) < 4.78 is 5.54. The highest BCUT2D eigenvalue weighted by molar-refractivity contribution is 9.10. The van der Waals surface area contributed by atoms with Crippen molar-refractivity contribution in [1.82, 2.24) is 0 Å². The molecule has 0 saturated heterocycles. The quantitative estimate of drug-likeness (QED) is 0.455. The summed E-state index contributed by atoms with van der Waals surface area (Å²) in [5.74, 6) is 3.01. The first kappa shape index (κ1) is 18.0. The first-order valence-electron chi connectivity index (χ1n) is 10.1. The van der Waals surface area contributed by atoms with Crippen LogP contribution in [-0.2, 0) is 14.3 Å². The molecule has 8 atom stereocenters. The molecule has 0 aromatic heterocycles. The summed E-state index contributed by atoms with van der Waals surface area (Å²) in [5.41, 5.74) is 0.280. The van der Waals surface area contributed by atoms with Gasteiger partial charge in [-0.2, -0.15) is 0 Å². The minimum atomic E-state index is -0.136. The molecular weight excluding hydrogens is 380 g/mol. The minimum absolute atomic E-state index is 0.0754. The van der Waals surface area contributed by atoms with E-state index in [1.807, 2.05) is 0 Å². The number of rotatable bonds is 1. The average molecular weight is 411 g/mol. The van der Waals surface area contributed by atoms with E-state index in [2.05, 4.69) is 29.8 Å². The third kappa shape index (κ3) is 2.64. The van der Waals surface area contributed by atoms with Crippen LogP contribution in [0.5, 0.6) is 0 Å². The van der Waals surface area contributed by atoms with Crippen molar-refractivity contribution < 1.29 is 14.3 Å². The molecule has 3 nitrogen and oxygen atoms in total. The van der Waals surface area contributed by atoms with Gasteiger partial charge in [0.25, 0.3) is 0 Å². The first-order chi connectivity index (χ1) is 11.8. The Morgan fingerprint density at radius 3 is 2.56 bits per heavy atom. The first-order valence-corrected chi connectivity index (χ1v) is 11.0. The lowest BCUT2D eigenvalue weighted by Crippen LogP contribution is -2.54. The number of carbonyl (C=O) groups excluding carboxylic acids is 2. The zero-order chi connectivity index (χ0) is 18.0. The van der Waals surface area contributed by atoms with Gasteiger partial charge in [0.15, 0.2) is 5.78 Å². The van der Waals surface area contributed by atoms with Crippen molar-refractivity contribution in [3.8, 4) is 0 Å². The van der Waals surface area contributed by atoms with Gasteiger partial charge in [0, 0.05) is 12.3 Å². The number of carbonyl (C=O) groups is 2. The third-order valence-corrected chi connectivity index (χ3v) is 9.44. The van der Waals surface area contributed by atoms with Crippen LogP contribution < -0.4 is 0 Å². The largest absolute Gasteiger partial charge is 0.463 e. The predicted molar refractivity (Wildman–Crippen MR) is 100 cm³/mol. The molecule has 0 spiro atoms. The van der Waals surface area contributed by atoms with E-state index >= 15 is 0 Å². The molecule has 0 aromatic carbocycles. The molecule has 0 N–H and O–H groups in total. The number of hydrogen-bond donors (Lipinski definition) is 0. The minimum Gasteiger partial charge on any atom is -0.463 e. The van der Waals surface area contributed by atoms with E-state index in [1.54, 1.807) is 0 Å². The molecule has 0 aromatic rings. The topological polar surface area (TPSA) is 43.4 Å². The molecule has 4 rings (SSSR count). The summed E-state index contributed by atoms with van der Waals surface area (Å²) in [6.07, 6.45) is 9.15. The van der Waals surface area contributed by atoms with Crippen LogP contribution in [0.4, 0.5) is 0 Å². The highest BCUT2D eigenvalue weighted by atomic mass is 79.9. The van der Waals surface area contributed by atoms with Crippen LogP contribution in [0.3, 0.4) is 0 Å². The molecule has 4 aliphatic carbocycles. The summed E-state index contributed by atoms with van der Waals surface area (Å²) in [6, 6.07) is 0. The Morgan fingerprint density at radius 2 is 1.84 bits per heavy atom. The van der Waals surface area contributed by atoms with E-state index in [0.717, 1.165) is 31.6 Å². The smallest absolute Gasteiger partial charge is 0.302 e. The van der Waals surface area contributed by atoms with Crippen molar-refractivity contribution in [3.63, 3.8) is 0 Å². The molecule has 0 heterocycles. The van der Waals surface area contributed by atoms with Gasteiger partial charge in [-0.25, -0.2) is 0 Å². The predicted octanol–water partition coefficient (Wildman–Crippen LogP) is 4.90. The van der Waals surface area contributed by atoms with Crippen molar-refractivity contribution in [2.75, 3.05) is 0 Å². The Balaban J connectivity index is 1.55. The Morgan fingerprint density at radius 1 is 1.08 bits per heavy atom. The normalized spacial score (nSPS) is 52.1. The average Bonchev–Trinajstić information content (AvgIpc) is 2.78. The summed E-state index contributed by atoms with van der Waals surface area (Å²) in [7, 11) is 0. The van der Waals surface area contributed by atoms with Crippen LogP contribution in [0, 0.1) is 34.5 Å². The summed E-state index contributed by atoms with van der Waals surface area (Å²) in [5, 5.41) is 0. The van der Waals surface area contributed by atoms with Crippen molar-refractivity contribution in [3.05, 3.63) is 0 Å². The number of alkyl halides is 1. The van der Waals surface area contributed by atoms with E-state index < -0.39 is 0 Å². The maximum atomic E-state index is 12.7. The monoisotopic (exact) mass is 410 g/mol. The molecule has 4 saturated carbocycles. The van der Waals surface area contributed by atoms with Gasteiger partial charge in [0.1, 0.15) is 6.10 Å². The Hall–Kier alpha value is -0.380. The van der Waals surface area contributed by atoms with Crippen LogP contribution in [-0.4, -0.2) is 22.7 Å². The number of ether oxygens (including phenoxy) is 1. The number of ketones is 1. The van der Waals surface area contributed by atoms with Gasteiger partial charge in [-0.1, -0.05) is 29.8 Å². The fraction of sp³-hybridized carbons (Fsp3) is 0.905. The fourth-order valence-electron chi connectivity index (χ4n) is 7.31. The molecule has 0 aliphatic heterocycles. The summed E-state index contributed by atoms with van der Waals surface area (Å²) in [6.45, 7) is 6.27. The van der Waals surface area contributed by atoms with Crippen LogP contribution >= 0.6 is 15.9 Å². The highest BCUT2D eigenvalue weighted by Crippen LogP contribution is 2.66. The van der Waals surface area contributed by atoms with Gasteiger partial charge < -0.3 is 4.74 Å². The number of Topliss-reactive ketones (excluding diaryl/α,β-unsaturated/α-hetero) is 1. The second-order valence-electron chi connectivity index (χ2n) is 9.69. The fourth-order valence-corrected chi connectivity index (χ4v) is 8.23. The third-order valence-electron chi connectivity index (χ3n) is 8.65. The summed E-state index contributed by atoms with van der Waals surface area (Å²) in [4.78, 5) is 24.2. The number of hydrogen-bond acceptors (Lipinski definition) is 3. The number of halogens is 1. The van der Waals surface area contributed by atoms with Crippen LogP contribution in [0.25, 0.3) is 0 Å². The maximum absolute atomic E-state index is 12.7. The zero-order valence-electron chi connectivity index (χ0n) is 15.7. The van der Waals surface area contributed by atoms with Gasteiger partial charge in [-0.3, -0.25) is 9.59 Å². The lowest BCUT2D eigenvalue weighted by Gasteiger charge is -2.60.